The first-order valence-electron chi connectivity index (χ1n) is 3.76. The van der Waals surface area contributed by atoms with Gasteiger partial charge in [-0.25, -0.2) is 0 Å². The van der Waals surface area contributed by atoms with Crippen LogP contribution in [0.5, 0.6) is 0 Å². The molecule has 1 heteroatoms. The fraction of sp³-hybridized carbons (Fsp3) is 0.556. The first-order valence-corrected chi connectivity index (χ1v) is 3.76. The molecular weight excluding hydrogens is 122 g/mol. The average Bonchev–Trinajstić information content (AvgIpc) is 2.32. The molecule has 1 saturated heterocycles. The molecule has 1 fully saturated rings. The zero-order valence-electron chi connectivity index (χ0n) is 6.64. The van der Waals surface area contributed by atoms with Crippen molar-refractivity contribution in [2.24, 2.45) is 0 Å². The first-order chi connectivity index (χ1) is 4.73. The monoisotopic (exact) mass is 137 g/mol. The van der Waals surface area contributed by atoms with Crippen molar-refractivity contribution in [1.82, 2.24) is 4.90 Å². The third kappa shape index (κ3) is 0.962. The smallest absolute Gasteiger partial charge is 0.0548 e. The van der Waals surface area contributed by atoms with Gasteiger partial charge in [0, 0.05) is 6.54 Å². The quantitative estimate of drug-likeness (QED) is 0.527. The summed E-state index contributed by atoms with van der Waals surface area (Å²) >= 11 is 0. The number of nitrogens with zero attached hydrogens (tertiary/aromatic N) is 1. The van der Waals surface area contributed by atoms with Crippen LogP contribution in [-0.2, 0) is 0 Å². The van der Waals surface area contributed by atoms with Crippen molar-refractivity contribution in [3.63, 3.8) is 0 Å². The first kappa shape index (κ1) is 7.39. The average molecular weight is 137 g/mol. The molecule has 0 radical (unpaired) electrons. The van der Waals surface area contributed by atoms with Crippen molar-refractivity contribution in [2.75, 3.05) is 6.54 Å². The molecule has 0 saturated carbocycles. The lowest BCUT2D eigenvalue weighted by Crippen LogP contribution is -2.34. The molecule has 0 spiro atoms. The molecule has 1 rings (SSSR count). The van der Waals surface area contributed by atoms with Gasteiger partial charge in [-0.2, -0.15) is 0 Å². The second kappa shape index (κ2) is 2.49. The van der Waals surface area contributed by atoms with Crippen LogP contribution >= 0.6 is 0 Å². The van der Waals surface area contributed by atoms with E-state index in [1.807, 2.05) is 12.3 Å². The summed E-state index contributed by atoms with van der Waals surface area (Å²) in [7, 11) is 0. The topological polar surface area (TPSA) is 3.24 Å². The molecule has 0 bridgehead atoms. The third-order valence-corrected chi connectivity index (χ3v) is 2.40. The van der Waals surface area contributed by atoms with Gasteiger partial charge in [-0.3, -0.25) is 0 Å². The predicted octanol–water partition coefficient (Wildman–Crippen LogP) is 2.17. The lowest BCUT2D eigenvalue weighted by molar-refractivity contribution is 0.287. The van der Waals surface area contributed by atoms with Gasteiger partial charge >= 0.3 is 0 Å². The normalized spacial score (nSPS) is 32.3. The van der Waals surface area contributed by atoms with Crippen molar-refractivity contribution in [3.05, 3.63) is 25.4 Å². The van der Waals surface area contributed by atoms with E-state index in [0.29, 0.717) is 0 Å². The van der Waals surface area contributed by atoms with E-state index in [-0.39, 0.29) is 5.54 Å². The maximum absolute atomic E-state index is 3.82. The fourth-order valence-corrected chi connectivity index (χ4v) is 1.53. The molecule has 1 atom stereocenters. The minimum Gasteiger partial charge on any atom is -0.369 e. The maximum atomic E-state index is 3.82. The van der Waals surface area contributed by atoms with Crippen LogP contribution in [0.1, 0.15) is 19.8 Å². The predicted molar refractivity (Wildman–Crippen MR) is 44.7 cm³/mol. The summed E-state index contributed by atoms with van der Waals surface area (Å²) in [6.07, 6.45) is 6.40. The highest BCUT2D eigenvalue weighted by Gasteiger charge is 2.30. The third-order valence-electron chi connectivity index (χ3n) is 2.40. The van der Waals surface area contributed by atoms with E-state index >= 15 is 0 Å². The van der Waals surface area contributed by atoms with Crippen LogP contribution in [0.15, 0.2) is 25.4 Å². The van der Waals surface area contributed by atoms with E-state index in [4.69, 9.17) is 0 Å². The molecule has 0 aromatic carbocycles. The molecular formula is C9H15N. The van der Waals surface area contributed by atoms with Gasteiger partial charge in [-0.05, 0) is 26.0 Å². The Balaban J connectivity index is 2.74. The highest BCUT2D eigenvalue weighted by atomic mass is 15.2. The molecule has 0 aromatic heterocycles. The summed E-state index contributed by atoms with van der Waals surface area (Å²) < 4.78 is 0. The molecule has 0 unspecified atom stereocenters. The van der Waals surface area contributed by atoms with Gasteiger partial charge < -0.3 is 4.90 Å². The SMILES string of the molecule is C=CN1CCC[C@@]1(C)C=C. The Labute approximate surface area is 63.0 Å². The van der Waals surface area contributed by atoms with Crippen LogP contribution in [0.3, 0.4) is 0 Å². The molecule has 0 aromatic rings. The highest BCUT2D eigenvalue weighted by molar-refractivity contribution is 5.07. The molecule has 1 aliphatic rings. The van der Waals surface area contributed by atoms with Gasteiger partial charge in [-0.15, -0.1) is 6.58 Å². The highest BCUT2D eigenvalue weighted by Crippen LogP contribution is 2.29. The van der Waals surface area contributed by atoms with Crippen LogP contribution in [0, 0.1) is 0 Å². The van der Waals surface area contributed by atoms with Crippen LogP contribution in [0.25, 0.3) is 0 Å². The molecule has 56 valence electrons. The Morgan fingerprint density at radius 1 is 1.50 bits per heavy atom. The van der Waals surface area contributed by atoms with E-state index < -0.39 is 0 Å². The Morgan fingerprint density at radius 3 is 2.60 bits per heavy atom. The van der Waals surface area contributed by atoms with Crippen molar-refractivity contribution in [1.29, 1.82) is 0 Å². The molecule has 0 aliphatic carbocycles. The second-order valence-corrected chi connectivity index (χ2v) is 3.04. The lowest BCUT2D eigenvalue weighted by Gasteiger charge is -2.30. The molecule has 1 nitrogen and oxygen atoms in total. The van der Waals surface area contributed by atoms with Gasteiger partial charge in [0.15, 0.2) is 0 Å². The number of likely N-dealkylation sites (tertiary alicyclic amines) is 1. The van der Waals surface area contributed by atoms with Crippen molar-refractivity contribution < 1.29 is 0 Å². The lowest BCUT2D eigenvalue weighted by atomic mass is 10.00. The minimum atomic E-state index is 0.182. The van der Waals surface area contributed by atoms with Gasteiger partial charge in [0.1, 0.15) is 0 Å². The summed E-state index contributed by atoms with van der Waals surface area (Å²) in [4.78, 5) is 2.25. The summed E-state index contributed by atoms with van der Waals surface area (Å²) in [5.41, 5.74) is 0.182. The maximum Gasteiger partial charge on any atom is 0.0548 e. The standard InChI is InChI=1S/C9H15N/c1-4-9(3)7-6-8-10(9)5-2/h4-5H,1-2,6-8H2,3H3/t9-/m1/s1. The van der Waals surface area contributed by atoms with E-state index in [1.54, 1.807) is 0 Å². The Bertz CT molecular complexity index is 151. The van der Waals surface area contributed by atoms with Crippen LogP contribution < -0.4 is 0 Å². The number of rotatable bonds is 2. The summed E-state index contributed by atoms with van der Waals surface area (Å²) in [6, 6.07) is 0. The van der Waals surface area contributed by atoms with Crippen molar-refractivity contribution >= 4 is 0 Å². The number of hydrogen-bond acceptors (Lipinski definition) is 1. The number of hydrogen-bond donors (Lipinski definition) is 0. The largest absolute Gasteiger partial charge is 0.369 e. The van der Waals surface area contributed by atoms with Gasteiger partial charge in [0.25, 0.3) is 0 Å². The van der Waals surface area contributed by atoms with Crippen molar-refractivity contribution in [3.8, 4) is 0 Å². The second-order valence-electron chi connectivity index (χ2n) is 3.04. The molecule has 1 aliphatic heterocycles. The van der Waals surface area contributed by atoms with Crippen LogP contribution in [0.2, 0.25) is 0 Å². The molecule has 0 N–H and O–H groups in total. The summed E-state index contributed by atoms with van der Waals surface area (Å²) in [6.45, 7) is 10.9. The summed E-state index contributed by atoms with van der Waals surface area (Å²) in [5, 5.41) is 0. The minimum absolute atomic E-state index is 0.182. The van der Waals surface area contributed by atoms with Crippen molar-refractivity contribution in [2.45, 2.75) is 25.3 Å². The Kier molecular flexibility index (Phi) is 1.84. The molecule has 0 amide bonds. The van der Waals surface area contributed by atoms with E-state index in [0.717, 1.165) is 6.54 Å². The molecule has 1 heterocycles. The van der Waals surface area contributed by atoms with E-state index in [9.17, 15) is 0 Å². The zero-order valence-corrected chi connectivity index (χ0v) is 6.64. The van der Waals surface area contributed by atoms with E-state index in [1.165, 1.54) is 12.8 Å². The Hall–Kier alpha value is -0.720. The van der Waals surface area contributed by atoms with Gasteiger partial charge in [0.05, 0.1) is 5.54 Å². The van der Waals surface area contributed by atoms with E-state index in [2.05, 4.69) is 25.0 Å². The summed E-state index contributed by atoms with van der Waals surface area (Å²) in [5.74, 6) is 0. The van der Waals surface area contributed by atoms with Gasteiger partial charge in [0.2, 0.25) is 0 Å². The van der Waals surface area contributed by atoms with Crippen LogP contribution in [0.4, 0.5) is 0 Å². The van der Waals surface area contributed by atoms with Crippen LogP contribution in [-0.4, -0.2) is 17.0 Å². The Morgan fingerprint density at radius 2 is 2.20 bits per heavy atom. The fourth-order valence-electron chi connectivity index (χ4n) is 1.53. The molecule has 10 heavy (non-hydrogen) atoms. The zero-order chi connectivity index (χ0) is 7.61. The van der Waals surface area contributed by atoms with Gasteiger partial charge in [-0.1, -0.05) is 12.7 Å².